The Balaban J connectivity index is 2.77. The number of aliphatic carboxylic acids is 1. The predicted molar refractivity (Wildman–Crippen MR) is 64.4 cm³/mol. The summed E-state index contributed by atoms with van der Waals surface area (Å²) in [5, 5.41) is 8.85. The minimum atomic E-state index is -0.953. The van der Waals surface area contributed by atoms with Gasteiger partial charge in [0.1, 0.15) is 5.60 Å². The van der Waals surface area contributed by atoms with Crippen LogP contribution in [-0.2, 0) is 14.3 Å². The number of hydrogen-bond donors (Lipinski definition) is 1. The van der Waals surface area contributed by atoms with Crippen molar-refractivity contribution in [3.8, 4) is 0 Å². The molecular formula is C12H21NO5. The van der Waals surface area contributed by atoms with Gasteiger partial charge in [0, 0.05) is 0 Å². The van der Waals surface area contributed by atoms with E-state index in [4.69, 9.17) is 14.6 Å². The number of amides is 1. The highest BCUT2D eigenvalue weighted by Gasteiger charge is 2.36. The van der Waals surface area contributed by atoms with Crippen LogP contribution in [-0.4, -0.2) is 53.0 Å². The first-order chi connectivity index (χ1) is 8.20. The number of hydrogen-bond acceptors (Lipinski definition) is 4. The maximum absolute atomic E-state index is 12.1. The first kappa shape index (κ1) is 14.8. The van der Waals surface area contributed by atoms with Crippen LogP contribution in [0.2, 0.25) is 0 Å². The number of carboxylic acids is 1. The fraction of sp³-hybridized carbons (Fsp3) is 0.833. The van der Waals surface area contributed by atoms with E-state index in [0.717, 1.165) is 0 Å². The van der Waals surface area contributed by atoms with Crippen LogP contribution in [0.4, 0.5) is 4.79 Å². The predicted octanol–water partition coefficient (Wildman–Crippen LogP) is 1.49. The van der Waals surface area contributed by atoms with Gasteiger partial charge in [-0.15, -0.1) is 0 Å². The van der Waals surface area contributed by atoms with Crippen molar-refractivity contribution in [1.29, 1.82) is 0 Å². The van der Waals surface area contributed by atoms with E-state index in [1.165, 1.54) is 4.90 Å². The van der Waals surface area contributed by atoms with E-state index in [0.29, 0.717) is 6.61 Å². The Labute approximate surface area is 107 Å². The topological polar surface area (TPSA) is 76.1 Å². The fourth-order valence-electron chi connectivity index (χ4n) is 1.90. The van der Waals surface area contributed by atoms with Crippen LogP contribution in [0.1, 0.15) is 34.1 Å². The van der Waals surface area contributed by atoms with Gasteiger partial charge in [-0.3, -0.25) is 9.69 Å². The summed E-state index contributed by atoms with van der Waals surface area (Å²) in [7, 11) is 0. The Kier molecular flexibility index (Phi) is 4.56. The summed E-state index contributed by atoms with van der Waals surface area (Å²) in [5.74, 6) is -0.953. The number of carboxylic acid groups (broad SMARTS) is 1. The summed E-state index contributed by atoms with van der Waals surface area (Å²) in [6.07, 6.45) is -0.617. The summed E-state index contributed by atoms with van der Waals surface area (Å²) >= 11 is 0. The third-order valence-electron chi connectivity index (χ3n) is 2.55. The van der Waals surface area contributed by atoms with Crippen molar-refractivity contribution in [2.24, 2.45) is 0 Å². The van der Waals surface area contributed by atoms with Crippen molar-refractivity contribution >= 4 is 12.1 Å². The lowest BCUT2D eigenvalue weighted by Gasteiger charge is -2.40. The highest BCUT2D eigenvalue weighted by atomic mass is 16.6. The molecule has 1 aliphatic heterocycles. The SMILES string of the molecule is C[C@@H]1COC[C@H](CC(=O)O)N1C(=O)OC(C)(C)C. The molecule has 1 heterocycles. The molecule has 0 unspecified atom stereocenters. The van der Waals surface area contributed by atoms with E-state index in [1.807, 2.05) is 6.92 Å². The molecule has 0 aromatic heterocycles. The fourth-order valence-corrected chi connectivity index (χ4v) is 1.90. The van der Waals surface area contributed by atoms with Crippen LogP contribution < -0.4 is 0 Å². The van der Waals surface area contributed by atoms with Crippen molar-refractivity contribution in [3.05, 3.63) is 0 Å². The van der Waals surface area contributed by atoms with Crippen molar-refractivity contribution in [2.45, 2.75) is 51.8 Å². The first-order valence-electron chi connectivity index (χ1n) is 6.01. The number of ether oxygens (including phenoxy) is 2. The molecule has 0 bridgehead atoms. The number of morpholine rings is 1. The molecule has 6 nitrogen and oxygen atoms in total. The molecule has 6 heteroatoms. The van der Waals surface area contributed by atoms with Crippen LogP contribution in [0.3, 0.4) is 0 Å². The van der Waals surface area contributed by atoms with Crippen LogP contribution in [0.25, 0.3) is 0 Å². The smallest absolute Gasteiger partial charge is 0.410 e. The second-order valence-electron chi connectivity index (χ2n) is 5.53. The first-order valence-corrected chi connectivity index (χ1v) is 6.01. The third kappa shape index (κ3) is 4.18. The van der Waals surface area contributed by atoms with Crippen molar-refractivity contribution in [3.63, 3.8) is 0 Å². The van der Waals surface area contributed by atoms with Gasteiger partial charge in [0.2, 0.25) is 0 Å². The van der Waals surface area contributed by atoms with Gasteiger partial charge in [-0.1, -0.05) is 0 Å². The van der Waals surface area contributed by atoms with E-state index < -0.39 is 23.7 Å². The van der Waals surface area contributed by atoms with Gasteiger partial charge in [-0.25, -0.2) is 4.79 Å². The van der Waals surface area contributed by atoms with E-state index >= 15 is 0 Å². The number of rotatable bonds is 2. The Morgan fingerprint density at radius 1 is 1.39 bits per heavy atom. The van der Waals surface area contributed by atoms with Gasteiger partial charge in [-0.05, 0) is 27.7 Å². The molecule has 1 saturated heterocycles. The molecule has 1 aliphatic rings. The number of carbonyl (C=O) groups is 2. The molecule has 18 heavy (non-hydrogen) atoms. The Hall–Kier alpha value is -1.30. The monoisotopic (exact) mass is 259 g/mol. The zero-order valence-electron chi connectivity index (χ0n) is 11.3. The zero-order chi connectivity index (χ0) is 13.9. The average molecular weight is 259 g/mol. The lowest BCUT2D eigenvalue weighted by Crippen LogP contribution is -2.55. The molecule has 1 fully saturated rings. The summed E-state index contributed by atoms with van der Waals surface area (Å²) in [5.41, 5.74) is -0.594. The van der Waals surface area contributed by atoms with E-state index in [2.05, 4.69) is 0 Å². The average Bonchev–Trinajstić information content (AvgIpc) is 2.13. The van der Waals surface area contributed by atoms with Gasteiger partial charge in [0.15, 0.2) is 0 Å². The molecule has 0 spiro atoms. The van der Waals surface area contributed by atoms with E-state index in [-0.39, 0.29) is 19.1 Å². The van der Waals surface area contributed by atoms with Gasteiger partial charge in [0.05, 0.1) is 31.7 Å². The van der Waals surface area contributed by atoms with Gasteiger partial charge >= 0.3 is 12.1 Å². The summed E-state index contributed by atoms with van der Waals surface area (Å²) in [4.78, 5) is 24.3. The molecule has 1 rings (SSSR count). The molecule has 2 atom stereocenters. The number of carbonyl (C=O) groups excluding carboxylic acids is 1. The molecule has 104 valence electrons. The second kappa shape index (κ2) is 5.56. The van der Waals surface area contributed by atoms with Crippen LogP contribution in [0.5, 0.6) is 0 Å². The number of nitrogens with zero attached hydrogens (tertiary/aromatic N) is 1. The minimum absolute atomic E-state index is 0.135. The van der Waals surface area contributed by atoms with Crippen LogP contribution in [0.15, 0.2) is 0 Å². The van der Waals surface area contributed by atoms with E-state index in [1.54, 1.807) is 20.8 Å². The molecule has 1 N–H and O–H groups in total. The van der Waals surface area contributed by atoms with Crippen LogP contribution >= 0.6 is 0 Å². The lowest BCUT2D eigenvalue weighted by molar-refractivity contribution is -0.140. The van der Waals surface area contributed by atoms with Gasteiger partial charge < -0.3 is 14.6 Å². The normalized spacial score (nSPS) is 24.8. The molecule has 1 amide bonds. The highest BCUT2D eigenvalue weighted by molar-refractivity contribution is 5.72. The Morgan fingerprint density at radius 2 is 2.00 bits per heavy atom. The highest BCUT2D eigenvalue weighted by Crippen LogP contribution is 2.20. The molecule has 0 aromatic rings. The van der Waals surface area contributed by atoms with E-state index in [9.17, 15) is 9.59 Å². The summed E-state index contributed by atoms with van der Waals surface area (Å²) in [6.45, 7) is 7.79. The quantitative estimate of drug-likeness (QED) is 0.813. The molecule has 0 radical (unpaired) electrons. The van der Waals surface area contributed by atoms with Gasteiger partial charge in [0.25, 0.3) is 0 Å². The molecule has 0 aliphatic carbocycles. The van der Waals surface area contributed by atoms with Crippen molar-refractivity contribution in [1.82, 2.24) is 4.90 Å². The second-order valence-corrected chi connectivity index (χ2v) is 5.53. The molecule has 0 saturated carbocycles. The van der Waals surface area contributed by atoms with Gasteiger partial charge in [-0.2, -0.15) is 0 Å². The Bertz CT molecular complexity index is 323. The molecular weight excluding hydrogens is 238 g/mol. The van der Waals surface area contributed by atoms with Crippen molar-refractivity contribution < 1.29 is 24.2 Å². The summed E-state index contributed by atoms with van der Waals surface area (Å²) in [6, 6.07) is -0.654. The maximum Gasteiger partial charge on any atom is 0.410 e. The zero-order valence-corrected chi connectivity index (χ0v) is 11.3. The Morgan fingerprint density at radius 3 is 2.50 bits per heavy atom. The maximum atomic E-state index is 12.1. The van der Waals surface area contributed by atoms with Crippen molar-refractivity contribution in [2.75, 3.05) is 13.2 Å². The third-order valence-corrected chi connectivity index (χ3v) is 2.55. The molecule has 0 aromatic carbocycles. The lowest BCUT2D eigenvalue weighted by atomic mass is 10.1. The minimum Gasteiger partial charge on any atom is -0.481 e. The largest absolute Gasteiger partial charge is 0.481 e. The summed E-state index contributed by atoms with van der Waals surface area (Å²) < 4.78 is 10.6. The standard InChI is InChI=1S/C12H21NO5/c1-8-6-17-7-9(5-10(14)15)13(8)11(16)18-12(2,3)4/h8-9H,5-7H2,1-4H3,(H,14,15)/t8-,9+/m1/s1. The van der Waals surface area contributed by atoms with Crippen LogP contribution in [0, 0.1) is 0 Å².